The molecule has 0 amide bonds. The number of benzene rings is 2. The van der Waals surface area contributed by atoms with Gasteiger partial charge in [0.05, 0.1) is 5.56 Å². The normalized spacial score (nSPS) is 19.0. The first-order chi connectivity index (χ1) is 11.7. The van der Waals surface area contributed by atoms with E-state index in [-0.39, 0.29) is 6.61 Å². The summed E-state index contributed by atoms with van der Waals surface area (Å²) >= 11 is 0. The average molecular weight is 342 g/mol. The number of para-hydroxylation sites is 1. The fourth-order valence-corrected chi connectivity index (χ4v) is 2.59. The predicted molar refractivity (Wildman–Crippen MR) is 92.8 cm³/mol. The van der Waals surface area contributed by atoms with Gasteiger partial charge in [-0.15, -0.1) is 0 Å². The zero-order chi connectivity index (χ0) is 18.1. The highest BCUT2D eigenvalue weighted by Crippen LogP contribution is 2.35. The van der Waals surface area contributed by atoms with Gasteiger partial charge in [-0.3, -0.25) is 0 Å². The molecule has 0 bridgehead atoms. The SMILES string of the molecule is CC(C)(C)OC(=O)c1ccc2c(c1)OC(O)(COc1ccccc1)C2. The van der Waals surface area contributed by atoms with Crippen molar-refractivity contribution in [2.75, 3.05) is 6.61 Å². The maximum atomic E-state index is 12.2. The summed E-state index contributed by atoms with van der Waals surface area (Å²) in [6.45, 7) is 5.44. The lowest BCUT2D eigenvalue weighted by Gasteiger charge is -2.22. The molecule has 2 aromatic rings. The molecule has 0 saturated carbocycles. The van der Waals surface area contributed by atoms with Crippen molar-refractivity contribution < 1.29 is 24.1 Å². The van der Waals surface area contributed by atoms with E-state index in [2.05, 4.69) is 0 Å². The van der Waals surface area contributed by atoms with Gasteiger partial charge in [0.25, 0.3) is 0 Å². The molecule has 25 heavy (non-hydrogen) atoms. The second-order valence-corrected chi connectivity index (χ2v) is 7.15. The van der Waals surface area contributed by atoms with E-state index in [1.165, 1.54) is 0 Å². The van der Waals surface area contributed by atoms with Crippen LogP contribution >= 0.6 is 0 Å². The number of carbonyl (C=O) groups is 1. The number of ether oxygens (including phenoxy) is 3. The molecule has 1 aliphatic rings. The standard InChI is InChI=1S/C20H22O5/c1-19(2,3)25-18(21)14-9-10-15-12-20(22,24-17(15)11-14)13-23-16-7-5-4-6-8-16/h4-11,22H,12-13H2,1-3H3. The quantitative estimate of drug-likeness (QED) is 0.863. The molecule has 0 saturated heterocycles. The van der Waals surface area contributed by atoms with Crippen LogP contribution in [-0.2, 0) is 11.2 Å². The summed E-state index contributed by atoms with van der Waals surface area (Å²) in [7, 11) is 0. The molecule has 3 rings (SSSR count). The molecule has 1 unspecified atom stereocenters. The molecule has 0 radical (unpaired) electrons. The van der Waals surface area contributed by atoms with Gasteiger partial charge >= 0.3 is 5.97 Å². The molecule has 0 spiro atoms. The summed E-state index contributed by atoms with van der Waals surface area (Å²) in [5.41, 5.74) is 0.648. The van der Waals surface area contributed by atoms with E-state index in [4.69, 9.17) is 14.2 Å². The fraction of sp³-hybridized carbons (Fsp3) is 0.350. The minimum absolute atomic E-state index is 0.00648. The third kappa shape index (κ3) is 4.31. The predicted octanol–water partition coefficient (Wildman–Crippen LogP) is 3.34. The monoisotopic (exact) mass is 342 g/mol. The molecule has 0 aliphatic carbocycles. The zero-order valence-electron chi connectivity index (χ0n) is 14.6. The number of esters is 1. The van der Waals surface area contributed by atoms with Crippen LogP contribution in [0.15, 0.2) is 48.5 Å². The van der Waals surface area contributed by atoms with Gasteiger partial charge in [0, 0.05) is 12.0 Å². The number of aliphatic hydroxyl groups is 1. The molecule has 1 atom stereocenters. The molecule has 1 heterocycles. The van der Waals surface area contributed by atoms with E-state index >= 15 is 0 Å². The van der Waals surface area contributed by atoms with E-state index in [9.17, 15) is 9.90 Å². The summed E-state index contributed by atoms with van der Waals surface area (Å²) in [5.74, 6) is -0.743. The van der Waals surface area contributed by atoms with Gasteiger partial charge in [-0.2, -0.15) is 0 Å². The van der Waals surface area contributed by atoms with Crippen LogP contribution in [-0.4, -0.2) is 29.1 Å². The fourth-order valence-electron chi connectivity index (χ4n) is 2.59. The number of hydrogen-bond donors (Lipinski definition) is 1. The van der Waals surface area contributed by atoms with Crippen LogP contribution in [0.25, 0.3) is 0 Å². The Kier molecular flexibility index (Phi) is 4.43. The van der Waals surface area contributed by atoms with Crippen molar-refractivity contribution in [1.82, 2.24) is 0 Å². The van der Waals surface area contributed by atoms with Crippen LogP contribution in [0.2, 0.25) is 0 Å². The van der Waals surface area contributed by atoms with Crippen LogP contribution in [0.1, 0.15) is 36.7 Å². The Morgan fingerprint density at radius 2 is 1.92 bits per heavy atom. The van der Waals surface area contributed by atoms with Gasteiger partial charge in [-0.1, -0.05) is 24.3 Å². The average Bonchev–Trinajstić information content (AvgIpc) is 2.88. The highest BCUT2D eigenvalue weighted by molar-refractivity contribution is 5.90. The summed E-state index contributed by atoms with van der Waals surface area (Å²) in [4.78, 5) is 12.2. The highest BCUT2D eigenvalue weighted by Gasteiger charge is 2.38. The first-order valence-corrected chi connectivity index (χ1v) is 8.20. The van der Waals surface area contributed by atoms with Crippen LogP contribution in [0.3, 0.4) is 0 Å². The van der Waals surface area contributed by atoms with E-state index in [0.717, 1.165) is 5.56 Å². The van der Waals surface area contributed by atoms with Crippen molar-refractivity contribution in [3.05, 3.63) is 59.7 Å². The Labute approximate surface area is 147 Å². The van der Waals surface area contributed by atoms with E-state index < -0.39 is 17.4 Å². The summed E-state index contributed by atoms with van der Waals surface area (Å²) in [6.07, 6.45) is 0.295. The summed E-state index contributed by atoms with van der Waals surface area (Å²) in [6, 6.07) is 14.3. The second-order valence-electron chi connectivity index (χ2n) is 7.15. The van der Waals surface area contributed by atoms with Gasteiger partial charge in [-0.25, -0.2) is 4.79 Å². The number of hydrogen-bond acceptors (Lipinski definition) is 5. The third-order valence-electron chi connectivity index (χ3n) is 3.68. The van der Waals surface area contributed by atoms with Crippen LogP contribution < -0.4 is 9.47 Å². The van der Waals surface area contributed by atoms with Gasteiger partial charge in [0.15, 0.2) is 6.61 Å². The minimum atomic E-state index is -1.45. The Morgan fingerprint density at radius 1 is 1.20 bits per heavy atom. The van der Waals surface area contributed by atoms with Gasteiger partial charge in [0.2, 0.25) is 5.79 Å². The van der Waals surface area contributed by atoms with E-state index in [1.54, 1.807) is 18.2 Å². The van der Waals surface area contributed by atoms with Gasteiger partial charge < -0.3 is 19.3 Å². The Balaban J connectivity index is 1.69. The third-order valence-corrected chi connectivity index (χ3v) is 3.68. The topological polar surface area (TPSA) is 65.0 Å². The largest absolute Gasteiger partial charge is 0.487 e. The highest BCUT2D eigenvalue weighted by atomic mass is 16.7. The van der Waals surface area contributed by atoms with Crippen LogP contribution in [0, 0.1) is 0 Å². The molecule has 1 N–H and O–H groups in total. The van der Waals surface area contributed by atoms with E-state index in [0.29, 0.717) is 23.5 Å². The van der Waals surface area contributed by atoms with Crippen molar-refractivity contribution in [1.29, 1.82) is 0 Å². The number of rotatable bonds is 4. The molecule has 5 heteroatoms. The summed E-state index contributed by atoms with van der Waals surface area (Å²) in [5, 5.41) is 10.6. The number of fused-ring (bicyclic) bond motifs is 1. The maximum Gasteiger partial charge on any atom is 0.338 e. The van der Waals surface area contributed by atoms with Crippen molar-refractivity contribution in [2.45, 2.75) is 38.6 Å². The Bertz CT molecular complexity index is 763. The molecule has 132 valence electrons. The minimum Gasteiger partial charge on any atom is -0.487 e. The Morgan fingerprint density at radius 3 is 2.60 bits per heavy atom. The van der Waals surface area contributed by atoms with Crippen molar-refractivity contribution in [3.8, 4) is 11.5 Å². The lowest BCUT2D eigenvalue weighted by Crippen LogP contribution is -2.40. The first kappa shape index (κ1) is 17.3. The molecule has 2 aromatic carbocycles. The lowest BCUT2D eigenvalue weighted by molar-refractivity contribution is -0.144. The van der Waals surface area contributed by atoms with Gasteiger partial charge in [-0.05, 0) is 45.0 Å². The molecule has 0 fully saturated rings. The van der Waals surface area contributed by atoms with Crippen molar-refractivity contribution >= 4 is 5.97 Å². The van der Waals surface area contributed by atoms with Gasteiger partial charge in [0.1, 0.15) is 17.1 Å². The van der Waals surface area contributed by atoms with Crippen LogP contribution in [0.4, 0.5) is 0 Å². The maximum absolute atomic E-state index is 12.2. The lowest BCUT2D eigenvalue weighted by atomic mass is 10.1. The smallest absolute Gasteiger partial charge is 0.338 e. The van der Waals surface area contributed by atoms with Crippen molar-refractivity contribution in [2.24, 2.45) is 0 Å². The molecule has 1 aliphatic heterocycles. The first-order valence-electron chi connectivity index (χ1n) is 8.20. The second kappa shape index (κ2) is 6.41. The van der Waals surface area contributed by atoms with Crippen molar-refractivity contribution in [3.63, 3.8) is 0 Å². The zero-order valence-corrected chi connectivity index (χ0v) is 14.6. The molecular weight excluding hydrogens is 320 g/mol. The van der Waals surface area contributed by atoms with E-state index in [1.807, 2.05) is 51.1 Å². The molecule has 0 aromatic heterocycles. The van der Waals surface area contributed by atoms with Crippen LogP contribution in [0.5, 0.6) is 11.5 Å². The molecule has 5 nitrogen and oxygen atoms in total. The molecular formula is C20H22O5. The number of carbonyl (C=O) groups excluding carboxylic acids is 1. The Hall–Kier alpha value is -2.53. The summed E-state index contributed by atoms with van der Waals surface area (Å²) < 4.78 is 16.6.